The summed E-state index contributed by atoms with van der Waals surface area (Å²) in [5, 5.41) is 27.4. The number of hydrogen-bond donors (Lipinski definition) is 0. The number of tetrazole rings is 1. The Morgan fingerprint density at radius 2 is 1.78 bits per heavy atom. The molecule has 0 spiro atoms. The third-order valence-electron chi connectivity index (χ3n) is 4.12. The quantitative estimate of drug-likeness (QED) is 0.545. The van der Waals surface area contributed by atoms with E-state index in [1.807, 2.05) is 49.4 Å². The monoisotopic (exact) mass is 375 g/mol. The van der Waals surface area contributed by atoms with Crippen molar-refractivity contribution in [2.45, 2.75) is 13.5 Å². The number of nitriles is 1. The van der Waals surface area contributed by atoms with Crippen LogP contribution in [0.1, 0.15) is 17.0 Å². The molecule has 8 heteroatoms. The molecule has 2 aromatic carbocycles. The van der Waals surface area contributed by atoms with Gasteiger partial charge < -0.3 is 0 Å². The van der Waals surface area contributed by atoms with Crippen molar-refractivity contribution in [3.63, 3.8) is 0 Å². The molecule has 4 rings (SSSR count). The maximum absolute atomic E-state index is 9.57. The molecule has 0 saturated heterocycles. The second-order valence-electron chi connectivity index (χ2n) is 5.92. The highest BCUT2D eigenvalue weighted by Gasteiger charge is 2.18. The lowest BCUT2D eigenvalue weighted by Gasteiger charge is -2.07. The van der Waals surface area contributed by atoms with E-state index < -0.39 is 0 Å². The number of halogens is 1. The van der Waals surface area contributed by atoms with Crippen molar-refractivity contribution in [3.05, 3.63) is 76.6 Å². The van der Waals surface area contributed by atoms with Crippen LogP contribution in [0.4, 0.5) is 0 Å². The largest absolute Gasteiger partial charge is 0.234 e. The number of benzene rings is 2. The Bertz CT molecular complexity index is 1120. The number of rotatable bonds is 4. The van der Waals surface area contributed by atoms with Crippen molar-refractivity contribution >= 4 is 11.6 Å². The van der Waals surface area contributed by atoms with Crippen molar-refractivity contribution in [3.8, 4) is 23.1 Å². The predicted molar refractivity (Wildman–Crippen MR) is 100 cm³/mol. The van der Waals surface area contributed by atoms with Crippen LogP contribution in [0.15, 0.2) is 54.6 Å². The molecule has 0 aliphatic heterocycles. The summed E-state index contributed by atoms with van der Waals surface area (Å²) in [7, 11) is 0. The van der Waals surface area contributed by atoms with E-state index in [0.29, 0.717) is 27.8 Å². The van der Waals surface area contributed by atoms with Crippen LogP contribution >= 0.6 is 11.6 Å². The van der Waals surface area contributed by atoms with Gasteiger partial charge in [-0.25, -0.2) is 4.68 Å². The van der Waals surface area contributed by atoms with Crippen molar-refractivity contribution in [2.75, 3.05) is 0 Å². The maximum Gasteiger partial charge on any atom is 0.204 e. The van der Waals surface area contributed by atoms with Crippen LogP contribution in [-0.2, 0) is 6.54 Å². The summed E-state index contributed by atoms with van der Waals surface area (Å²) in [5.41, 5.74) is 3.58. The lowest BCUT2D eigenvalue weighted by atomic mass is 10.2. The van der Waals surface area contributed by atoms with Gasteiger partial charge >= 0.3 is 0 Å². The third-order valence-corrected chi connectivity index (χ3v) is 4.37. The SMILES string of the molecule is Cc1nn(-c2ccccc2)c(Cn2nnc(-c3ccc(Cl)cc3)n2)c1C#N. The molecule has 0 atom stereocenters. The molecule has 0 radical (unpaired) electrons. The Kier molecular flexibility index (Phi) is 4.40. The van der Waals surface area contributed by atoms with E-state index in [2.05, 4.69) is 26.6 Å². The molecule has 0 saturated carbocycles. The molecular weight excluding hydrogens is 362 g/mol. The van der Waals surface area contributed by atoms with Gasteiger partial charge in [0.1, 0.15) is 12.6 Å². The Morgan fingerprint density at radius 3 is 2.48 bits per heavy atom. The van der Waals surface area contributed by atoms with E-state index in [1.165, 1.54) is 4.80 Å². The highest BCUT2D eigenvalue weighted by Crippen LogP contribution is 2.20. The molecule has 7 nitrogen and oxygen atoms in total. The first-order chi connectivity index (χ1) is 13.2. The summed E-state index contributed by atoms with van der Waals surface area (Å²) >= 11 is 5.92. The zero-order chi connectivity index (χ0) is 18.8. The minimum absolute atomic E-state index is 0.277. The molecule has 4 aromatic rings. The fraction of sp³-hybridized carbons (Fsp3) is 0.105. The van der Waals surface area contributed by atoms with Gasteiger partial charge in [0.25, 0.3) is 0 Å². The molecule has 0 aliphatic carbocycles. The number of aromatic nitrogens is 6. The number of aryl methyl sites for hydroxylation is 1. The smallest absolute Gasteiger partial charge is 0.204 e. The van der Waals surface area contributed by atoms with E-state index in [0.717, 1.165) is 11.3 Å². The first-order valence-corrected chi connectivity index (χ1v) is 8.61. The van der Waals surface area contributed by atoms with Gasteiger partial charge in [-0.1, -0.05) is 29.8 Å². The molecule has 2 aromatic heterocycles. The Labute approximate surface area is 160 Å². The van der Waals surface area contributed by atoms with Gasteiger partial charge in [-0.2, -0.15) is 15.2 Å². The third kappa shape index (κ3) is 3.30. The van der Waals surface area contributed by atoms with Gasteiger partial charge in [0, 0.05) is 10.6 Å². The second-order valence-corrected chi connectivity index (χ2v) is 6.35. The first-order valence-electron chi connectivity index (χ1n) is 8.23. The van der Waals surface area contributed by atoms with E-state index in [1.54, 1.807) is 16.8 Å². The topological polar surface area (TPSA) is 85.2 Å². The minimum atomic E-state index is 0.277. The zero-order valence-electron chi connectivity index (χ0n) is 14.4. The van der Waals surface area contributed by atoms with Crippen molar-refractivity contribution < 1.29 is 0 Å². The van der Waals surface area contributed by atoms with E-state index in [9.17, 15) is 5.26 Å². The molecule has 0 unspecified atom stereocenters. The molecule has 0 aliphatic rings. The molecule has 2 heterocycles. The zero-order valence-corrected chi connectivity index (χ0v) is 15.2. The first kappa shape index (κ1) is 16.9. The maximum atomic E-state index is 9.57. The molecule has 132 valence electrons. The number of para-hydroxylation sites is 1. The number of nitrogens with zero attached hydrogens (tertiary/aromatic N) is 7. The fourth-order valence-electron chi connectivity index (χ4n) is 2.81. The van der Waals surface area contributed by atoms with Gasteiger partial charge in [-0.05, 0) is 48.5 Å². The van der Waals surface area contributed by atoms with Gasteiger partial charge in [-0.3, -0.25) is 0 Å². The van der Waals surface area contributed by atoms with Gasteiger partial charge in [0.2, 0.25) is 5.82 Å². The van der Waals surface area contributed by atoms with Crippen molar-refractivity contribution in [1.29, 1.82) is 5.26 Å². The molecular formula is C19H14ClN7. The lowest BCUT2D eigenvalue weighted by molar-refractivity contribution is 0.552. The van der Waals surface area contributed by atoms with Crippen LogP contribution in [-0.4, -0.2) is 30.0 Å². The van der Waals surface area contributed by atoms with Crippen LogP contribution in [0.3, 0.4) is 0 Å². The van der Waals surface area contributed by atoms with Crippen molar-refractivity contribution in [2.24, 2.45) is 0 Å². The standard InChI is InChI=1S/C19H14ClN7/c1-13-17(11-21)18(27(23-13)16-5-3-2-4-6-16)12-26-24-19(22-25-26)14-7-9-15(20)10-8-14/h2-10H,12H2,1H3. The predicted octanol–water partition coefficient (Wildman–Crippen LogP) is 3.41. The molecule has 0 amide bonds. The van der Waals surface area contributed by atoms with Crippen molar-refractivity contribution in [1.82, 2.24) is 30.0 Å². The highest BCUT2D eigenvalue weighted by atomic mass is 35.5. The van der Waals surface area contributed by atoms with E-state index in [-0.39, 0.29) is 6.54 Å². The summed E-state index contributed by atoms with van der Waals surface area (Å²) in [6, 6.07) is 19.1. The van der Waals surface area contributed by atoms with Crippen LogP contribution in [0.25, 0.3) is 17.1 Å². The van der Waals surface area contributed by atoms with E-state index >= 15 is 0 Å². The molecule has 0 N–H and O–H groups in total. The average molecular weight is 376 g/mol. The fourth-order valence-corrected chi connectivity index (χ4v) is 2.93. The highest BCUT2D eigenvalue weighted by molar-refractivity contribution is 6.30. The van der Waals surface area contributed by atoms with E-state index in [4.69, 9.17) is 11.6 Å². The summed E-state index contributed by atoms with van der Waals surface area (Å²) in [6.45, 7) is 2.09. The second kappa shape index (κ2) is 7.02. The number of hydrogen-bond acceptors (Lipinski definition) is 5. The summed E-state index contributed by atoms with van der Waals surface area (Å²) in [4.78, 5) is 1.46. The van der Waals surface area contributed by atoms with Crippen LogP contribution in [0, 0.1) is 18.3 Å². The molecule has 27 heavy (non-hydrogen) atoms. The minimum Gasteiger partial charge on any atom is -0.234 e. The van der Waals surface area contributed by atoms with Crippen LogP contribution in [0.5, 0.6) is 0 Å². The normalized spacial score (nSPS) is 10.7. The van der Waals surface area contributed by atoms with Gasteiger partial charge in [-0.15, -0.1) is 10.2 Å². The van der Waals surface area contributed by atoms with Gasteiger partial charge in [0.15, 0.2) is 0 Å². The summed E-state index contributed by atoms with van der Waals surface area (Å²) in [5.74, 6) is 0.493. The molecule has 0 bridgehead atoms. The van der Waals surface area contributed by atoms with Crippen LogP contribution in [0.2, 0.25) is 5.02 Å². The summed E-state index contributed by atoms with van der Waals surface area (Å²) in [6.07, 6.45) is 0. The lowest BCUT2D eigenvalue weighted by Crippen LogP contribution is -2.11. The Hall–Kier alpha value is -3.50. The molecule has 0 fully saturated rings. The van der Waals surface area contributed by atoms with Gasteiger partial charge in [0.05, 0.1) is 22.6 Å². The van der Waals surface area contributed by atoms with Crippen LogP contribution < -0.4 is 0 Å². The average Bonchev–Trinajstić information content (AvgIpc) is 3.28. The summed E-state index contributed by atoms with van der Waals surface area (Å²) < 4.78 is 1.75. The Morgan fingerprint density at radius 1 is 1.04 bits per heavy atom. The Balaban J connectivity index is 1.71.